The molecule has 0 fully saturated rings. The normalized spacial score (nSPS) is 13.4. The molecular formula is C6H16F2O3Si2. The van der Waals surface area contributed by atoms with Crippen LogP contribution in [0.1, 0.15) is 13.8 Å². The van der Waals surface area contributed by atoms with Crippen LogP contribution in [0.2, 0.25) is 0 Å². The van der Waals surface area contributed by atoms with Crippen LogP contribution >= 0.6 is 0 Å². The summed E-state index contributed by atoms with van der Waals surface area (Å²) < 4.78 is 38.7. The van der Waals surface area contributed by atoms with Crippen LogP contribution in [0.5, 0.6) is 0 Å². The van der Waals surface area contributed by atoms with E-state index in [1.807, 2.05) is 13.8 Å². The highest BCUT2D eigenvalue weighted by molar-refractivity contribution is 6.43. The molecule has 0 bridgehead atoms. The van der Waals surface area contributed by atoms with E-state index < -0.39 is 25.6 Å². The van der Waals surface area contributed by atoms with Crippen molar-refractivity contribution in [1.82, 2.24) is 0 Å². The summed E-state index contributed by atoms with van der Waals surface area (Å²) >= 11 is 0. The lowest BCUT2D eigenvalue weighted by molar-refractivity contribution is -0.0872. The molecule has 0 aliphatic heterocycles. The molecule has 0 aromatic carbocycles. The minimum atomic E-state index is -2.27. The van der Waals surface area contributed by atoms with E-state index in [1.54, 1.807) is 0 Å². The molecule has 0 radical (unpaired) electrons. The second kappa shape index (κ2) is 8.76. The molecule has 3 nitrogen and oxygen atoms in total. The molecule has 0 aromatic heterocycles. The SMILES string of the molecule is CCOC(OCC)[SiH2]O[SiH2]C(F)F. The van der Waals surface area contributed by atoms with Crippen LogP contribution in [0, 0.1) is 0 Å². The summed E-state index contributed by atoms with van der Waals surface area (Å²) in [6.07, 6.45) is 0. The number of ether oxygens (including phenoxy) is 2. The van der Waals surface area contributed by atoms with Gasteiger partial charge in [0.2, 0.25) is 25.6 Å². The molecule has 0 aliphatic rings. The Balaban J connectivity index is 3.44. The van der Waals surface area contributed by atoms with Gasteiger partial charge in [-0.1, -0.05) is 0 Å². The van der Waals surface area contributed by atoms with E-state index in [2.05, 4.69) is 0 Å². The zero-order chi connectivity index (χ0) is 10.1. The molecule has 0 amide bonds. The predicted molar refractivity (Wildman–Crippen MR) is 51.2 cm³/mol. The van der Waals surface area contributed by atoms with Crippen LogP contribution in [-0.2, 0) is 13.6 Å². The summed E-state index contributed by atoms with van der Waals surface area (Å²) in [7, 11) is -2.76. The number of rotatable bonds is 8. The van der Waals surface area contributed by atoms with E-state index in [0.717, 1.165) is 0 Å². The van der Waals surface area contributed by atoms with Crippen LogP contribution < -0.4 is 0 Å². The number of halogens is 2. The summed E-state index contributed by atoms with van der Waals surface area (Å²) in [6.45, 7) is 4.73. The van der Waals surface area contributed by atoms with Gasteiger partial charge in [-0.05, 0) is 13.8 Å². The molecule has 0 unspecified atom stereocenters. The summed E-state index contributed by atoms with van der Waals surface area (Å²) in [5, 5.41) is 0. The van der Waals surface area contributed by atoms with E-state index in [-0.39, 0.29) is 5.91 Å². The van der Waals surface area contributed by atoms with E-state index in [4.69, 9.17) is 13.6 Å². The molecule has 0 aliphatic carbocycles. The molecule has 0 atom stereocenters. The summed E-state index contributed by atoms with van der Waals surface area (Å²) in [6, 6.07) is -2.27. The molecule has 0 N–H and O–H groups in total. The molecule has 0 heterocycles. The predicted octanol–water partition coefficient (Wildman–Crippen LogP) is -0.250. The Kier molecular flexibility index (Phi) is 8.88. The molecule has 0 rings (SSSR count). The highest BCUT2D eigenvalue weighted by atomic mass is 28.3. The number of alkyl halides is 2. The van der Waals surface area contributed by atoms with Crippen LogP contribution in [0.15, 0.2) is 0 Å². The van der Waals surface area contributed by atoms with Gasteiger partial charge in [0.1, 0.15) is 0 Å². The lowest BCUT2D eigenvalue weighted by atomic mass is 10.9. The zero-order valence-electron chi connectivity index (χ0n) is 7.96. The average Bonchev–Trinajstić information content (AvgIpc) is 2.04. The monoisotopic (exact) mass is 230 g/mol. The molecule has 80 valence electrons. The van der Waals surface area contributed by atoms with Gasteiger partial charge in [-0.25, -0.2) is 8.78 Å². The fourth-order valence-electron chi connectivity index (χ4n) is 0.769. The van der Waals surface area contributed by atoms with Gasteiger partial charge in [-0.3, -0.25) is 0 Å². The van der Waals surface area contributed by atoms with E-state index in [9.17, 15) is 8.78 Å². The van der Waals surface area contributed by atoms with Gasteiger partial charge >= 0.3 is 0 Å². The molecule has 0 saturated carbocycles. The third kappa shape index (κ3) is 8.50. The summed E-state index contributed by atoms with van der Waals surface area (Å²) in [5.74, 6) is -0.360. The van der Waals surface area contributed by atoms with Gasteiger partial charge in [0.25, 0.3) is 0 Å². The van der Waals surface area contributed by atoms with E-state index in [1.165, 1.54) is 0 Å². The van der Waals surface area contributed by atoms with Gasteiger partial charge in [-0.15, -0.1) is 0 Å². The lowest BCUT2D eigenvalue weighted by Crippen LogP contribution is -2.29. The Morgan fingerprint density at radius 1 is 1.08 bits per heavy atom. The van der Waals surface area contributed by atoms with Crippen molar-refractivity contribution in [3.05, 3.63) is 0 Å². The topological polar surface area (TPSA) is 27.7 Å². The Morgan fingerprint density at radius 3 is 2.00 bits per heavy atom. The molecular weight excluding hydrogens is 214 g/mol. The first-order valence-electron chi connectivity index (χ1n) is 4.29. The first-order valence-corrected chi connectivity index (χ1v) is 7.08. The second-order valence-electron chi connectivity index (χ2n) is 2.27. The maximum Gasteiger partial charge on any atom is 0.241 e. The first-order chi connectivity index (χ1) is 6.20. The maximum atomic E-state index is 11.7. The quantitative estimate of drug-likeness (QED) is 0.425. The van der Waals surface area contributed by atoms with Gasteiger partial charge in [0, 0.05) is 13.2 Å². The smallest absolute Gasteiger partial charge is 0.241 e. The Labute approximate surface area is 81.6 Å². The fourth-order valence-corrected chi connectivity index (χ4v) is 3.46. The molecule has 0 aromatic rings. The van der Waals surface area contributed by atoms with Gasteiger partial charge in [-0.2, -0.15) is 0 Å². The number of hydrogen-bond acceptors (Lipinski definition) is 3. The standard InChI is InChI=1S/C6H16F2O3Si2/c1-3-9-6(10-4-2)13-11-12-5(7)8/h5-6H,3-4,12-13H2,1-2H3. The van der Waals surface area contributed by atoms with Crippen molar-refractivity contribution in [2.45, 2.75) is 25.8 Å². The van der Waals surface area contributed by atoms with Crippen molar-refractivity contribution < 1.29 is 22.4 Å². The minimum absolute atomic E-state index is 0.360. The Morgan fingerprint density at radius 2 is 1.62 bits per heavy atom. The molecule has 0 saturated heterocycles. The summed E-state index contributed by atoms with van der Waals surface area (Å²) in [5.41, 5.74) is 0. The largest absolute Gasteiger partial charge is 0.457 e. The second-order valence-corrected chi connectivity index (χ2v) is 5.85. The fraction of sp³-hybridized carbons (Fsp3) is 1.00. The van der Waals surface area contributed by atoms with Crippen LogP contribution in [0.4, 0.5) is 8.78 Å². The van der Waals surface area contributed by atoms with Crippen molar-refractivity contribution in [2.75, 3.05) is 13.2 Å². The van der Waals surface area contributed by atoms with Crippen LogP contribution in [-0.4, -0.2) is 44.7 Å². The minimum Gasteiger partial charge on any atom is -0.457 e. The third-order valence-corrected chi connectivity index (χ3v) is 4.08. The Bertz CT molecular complexity index is 112. The number of hydrogen-bond donors (Lipinski definition) is 0. The van der Waals surface area contributed by atoms with Gasteiger partial charge < -0.3 is 13.6 Å². The molecule has 0 spiro atoms. The van der Waals surface area contributed by atoms with Crippen molar-refractivity contribution in [3.63, 3.8) is 0 Å². The van der Waals surface area contributed by atoms with Gasteiger partial charge in [0.15, 0.2) is 5.91 Å². The summed E-state index contributed by atoms with van der Waals surface area (Å²) in [4.78, 5) is 0. The van der Waals surface area contributed by atoms with Crippen molar-refractivity contribution >= 4 is 19.5 Å². The first kappa shape index (κ1) is 13.2. The zero-order valence-corrected chi connectivity index (χ0v) is 10.8. The van der Waals surface area contributed by atoms with Crippen LogP contribution in [0.25, 0.3) is 0 Å². The van der Waals surface area contributed by atoms with Crippen molar-refractivity contribution in [2.24, 2.45) is 0 Å². The van der Waals surface area contributed by atoms with Crippen molar-refractivity contribution in [3.8, 4) is 0 Å². The highest BCUT2D eigenvalue weighted by Gasteiger charge is 2.11. The molecule has 7 heteroatoms. The molecule has 13 heavy (non-hydrogen) atoms. The van der Waals surface area contributed by atoms with Crippen molar-refractivity contribution in [1.29, 1.82) is 0 Å². The average molecular weight is 230 g/mol. The lowest BCUT2D eigenvalue weighted by Gasteiger charge is -2.16. The van der Waals surface area contributed by atoms with E-state index in [0.29, 0.717) is 13.2 Å². The highest BCUT2D eigenvalue weighted by Crippen LogP contribution is 1.95. The third-order valence-electron chi connectivity index (χ3n) is 1.20. The maximum absolute atomic E-state index is 11.7. The van der Waals surface area contributed by atoms with E-state index >= 15 is 0 Å². The van der Waals surface area contributed by atoms with Gasteiger partial charge in [0.05, 0.1) is 0 Å². The Hall–Kier alpha value is 0.174. The van der Waals surface area contributed by atoms with Crippen LogP contribution in [0.3, 0.4) is 0 Å².